The highest BCUT2D eigenvalue weighted by Crippen LogP contribution is 2.28. The highest BCUT2D eigenvalue weighted by Gasteiger charge is 2.14. The van der Waals surface area contributed by atoms with Crippen LogP contribution >= 0.6 is 23.2 Å². The summed E-state index contributed by atoms with van der Waals surface area (Å²) in [6.45, 7) is 6.77. The number of rotatable bonds is 12. The van der Waals surface area contributed by atoms with Crippen molar-refractivity contribution in [2.75, 3.05) is 5.32 Å². The molecule has 0 aliphatic heterocycles. The van der Waals surface area contributed by atoms with Gasteiger partial charge in [-0.25, -0.2) is 4.79 Å². The lowest BCUT2D eigenvalue weighted by Crippen LogP contribution is -2.20. The van der Waals surface area contributed by atoms with E-state index < -0.39 is 5.97 Å². The molecule has 0 saturated heterocycles. The molecular formula is C25H33Cl2NO2. The van der Waals surface area contributed by atoms with Crippen molar-refractivity contribution < 1.29 is 9.53 Å². The second-order valence-corrected chi connectivity index (χ2v) is 8.63. The van der Waals surface area contributed by atoms with Crippen LogP contribution in [0.5, 0.6) is 5.75 Å². The van der Waals surface area contributed by atoms with Crippen LogP contribution in [-0.2, 0) is 0 Å². The average molecular weight is 450 g/mol. The molecule has 1 N–H and O–H groups in total. The summed E-state index contributed by atoms with van der Waals surface area (Å²) >= 11 is 12.0. The number of halogens is 2. The maximum atomic E-state index is 12.4. The second kappa shape index (κ2) is 12.9. The lowest BCUT2D eigenvalue weighted by molar-refractivity contribution is 0.0735. The number of carbonyl (C=O) groups is 1. The average Bonchev–Trinajstić information content (AvgIpc) is 2.75. The molecule has 3 nitrogen and oxygen atoms in total. The van der Waals surface area contributed by atoms with Crippen LogP contribution in [0.4, 0.5) is 5.69 Å². The Bertz CT molecular complexity index is 792. The largest absolute Gasteiger partial charge is 0.421 e. The molecule has 30 heavy (non-hydrogen) atoms. The molecule has 0 radical (unpaired) electrons. The van der Waals surface area contributed by atoms with Crippen LogP contribution in [0.1, 0.15) is 76.1 Å². The van der Waals surface area contributed by atoms with Gasteiger partial charge >= 0.3 is 5.97 Å². The second-order valence-electron chi connectivity index (χ2n) is 7.78. The van der Waals surface area contributed by atoms with Crippen LogP contribution < -0.4 is 10.1 Å². The van der Waals surface area contributed by atoms with E-state index in [-0.39, 0.29) is 0 Å². The number of hydrogen-bond acceptors (Lipinski definition) is 3. The molecule has 2 aromatic carbocycles. The standard InChI is InChI=1S/C25H33Cl2NO2/c1-4-7-8-18(5-2)9-13-21(6-3)28-22-14-10-19(11-15-22)25(29)30-24-16-12-20(26)17-23(24)27/h10-12,14-18,21,28H,4-9,13H2,1-3H3. The molecule has 0 aromatic heterocycles. The lowest BCUT2D eigenvalue weighted by atomic mass is 9.92. The molecule has 2 rings (SSSR count). The van der Waals surface area contributed by atoms with Crippen molar-refractivity contribution in [2.24, 2.45) is 5.92 Å². The predicted molar refractivity (Wildman–Crippen MR) is 128 cm³/mol. The lowest BCUT2D eigenvalue weighted by Gasteiger charge is -2.22. The smallest absolute Gasteiger partial charge is 0.343 e. The van der Waals surface area contributed by atoms with Gasteiger partial charge in [0.25, 0.3) is 0 Å². The summed E-state index contributed by atoms with van der Waals surface area (Å²) in [5.74, 6) is 0.671. The van der Waals surface area contributed by atoms with Crippen LogP contribution in [0.15, 0.2) is 42.5 Å². The van der Waals surface area contributed by atoms with Crippen molar-refractivity contribution in [2.45, 2.75) is 71.8 Å². The van der Waals surface area contributed by atoms with Gasteiger partial charge in [-0.1, -0.05) is 69.7 Å². The fraction of sp³-hybridized carbons (Fsp3) is 0.480. The van der Waals surface area contributed by atoms with Crippen LogP contribution in [0, 0.1) is 5.92 Å². The highest BCUT2D eigenvalue weighted by molar-refractivity contribution is 6.35. The summed E-state index contributed by atoms with van der Waals surface area (Å²) in [5, 5.41) is 4.41. The summed E-state index contributed by atoms with van der Waals surface area (Å²) in [7, 11) is 0. The van der Waals surface area contributed by atoms with E-state index in [1.54, 1.807) is 30.3 Å². The van der Waals surface area contributed by atoms with Gasteiger partial charge in [0.05, 0.1) is 10.6 Å². The molecule has 5 heteroatoms. The minimum Gasteiger partial charge on any atom is -0.421 e. The molecule has 0 saturated carbocycles. The van der Waals surface area contributed by atoms with E-state index in [0.717, 1.165) is 24.4 Å². The van der Waals surface area contributed by atoms with E-state index >= 15 is 0 Å². The van der Waals surface area contributed by atoms with E-state index in [1.807, 2.05) is 12.1 Å². The molecule has 2 aromatic rings. The Kier molecular flexibility index (Phi) is 10.5. The summed E-state index contributed by atoms with van der Waals surface area (Å²) in [5.41, 5.74) is 1.50. The third-order valence-electron chi connectivity index (χ3n) is 5.55. The summed E-state index contributed by atoms with van der Waals surface area (Å²) in [6.07, 6.45) is 8.67. The first-order valence-corrected chi connectivity index (χ1v) is 11.8. The number of benzene rings is 2. The summed E-state index contributed by atoms with van der Waals surface area (Å²) < 4.78 is 5.39. The first kappa shape index (κ1) is 24.6. The zero-order chi connectivity index (χ0) is 21.9. The predicted octanol–water partition coefficient (Wildman–Crippen LogP) is 8.40. The van der Waals surface area contributed by atoms with Gasteiger partial charge in [0.15, 0.2) is 0 Å². The van der Waals surface area contributed by atoms with Gasteiger partial charge in [-0.05, 0) is 67.6 Å². The van der Waals surface area contributed by atoms with Gasteiger partial charge in [-0.15, -0.1) is 0 Å². The molecule has 2 atom stereocenters. The zero-order valence-corrected chi connectivity index (χ0v) is 19.7. The molecule has 2 unspecified atom stereocenters. The van der Waals surface area contributed by atoms with E-state index in [4.69, 9.17) is 27.9 Å². The Balaban J connectivity index is 1.91. The summed E-state index contributed by atoms with van der Waals surface area (Å²) in [4.78, 5) is 12.4. The third-order valence-corrected chi connectivity index (χ3v) is 6.08. The number of hydrogen-bond donors (Lipinski definition) is 1. The van der Waals surface area contributed by atoms with E-state index in [2.05, 4.69) is 26.1 Å². The fourth-order valence-electron chi connectivity index (χ4n) is 3.52. The highest BCUT2D eigenvalue weighted by atomic mass is 35.5. The fourth-order valence-corrected chi connectivity index (χ4v) is 3.96. The Morgan fingerprint density at radius 1 is 0.967 bits per heavy atom. The van der Waals surface area contributed by atoms with Crippen molar-refractivity contribution >= 4 is 34.9 Å². The van der Waals surface area contributed by atoms with Crippen molar-refractivity contribution in [3.05, 3.63) is 58.1 Å². The molecule has 0 aliphatic carbocycles. The monoisotopic (exact) mass is 449 g/mol. The summed E-state index contributed by atoms with van der Waals surface area (Å²) in [6, 6.07) is 12.6. The first-order valence-electron chi connectivity index (χ1n) is 11.0. The van der Waals surface area contributed by atoms with Gasteiger partial charge in [-0.2, -0.15) is 0 Å². The number of ether oxygens (including phenoxy) is 1. The Labute approximate surface area is 191 Å². The molecule has 0 fully saturated rings. The van der Waals surface area contributed by atoms with E-state index in [1.165, 1.54) is 32.1 Å². The maximum Gasteiger partial charge on any atom is 0.343 e. The number of anilines is 1. The van der Waals surface area contributed by atoms with Crippen LogP contribution in [-0.4, -0.2) is 12.0 Å². The van der Waals surface area contributed by atoms with Crippen molar-refractivity contribution in [1.82, 2.24) is 0 Å². The van der Waals surface area contributed by atoms with Gasteiger partial charge in [0.2, 0.25) is 0 Å². The van der Waals surface area contributed by atoms with Crippen molar-refractivity contribution in [3.63, 3.8) is 0 Å². The number of nitrogens with one attached hydrogen (secondary N) is 1. The molecule has 0 amide bonds. The SMILES string of the molecule is CCCCC(CC)CCC(CC)Nc1ccc(C(=O)Oc2ccc(Cl)cc2Cl)cc1. The van der Waals surface area contributed by atoms with Crippen molar-refractivity contribution in [3.8, 4) is 5.75 Å². The van der Waals surface area contributed by atoms with Gasteiger partial charge in [0.1, 0.15) is 5.75 Å². The molecular weight excluding hydrogens is 417 g/mol. The maximum absolute atomic E-state index is 12.4. The minimum absolute atomic E-state index is 0.299. The van der Waals surface area contributed by atoms with E-state index in [0.29, 0.717) is 27.4 Å². The number of unbranched alkanes of at least 4 members (excludes halogenated alkanes) is 1. The molecule has 0 bridgehead atoms. The minimum atomic E-state index is -0.445. The Hall–Kier alpha value is -1.71. The van der Waals surface area contributed by atoms with Gasteiger partial charge in [0, 0.05) is 16.8 Å². The first-order chi connectivity index (χ1) is 14.5. The van der Waals surface area contributed by atoms with Crippen LogP contribution in [0.2, 0.25) is 10.0 Å². The molecule has 0 aliphatic rings. The third kappa shape index (κ3) is 7.85. The van der Waals surface area contributed by atoms with Crippen LogP contribution in [0.3, 0.4) is 0 Å². The van der Waals surface area contributed by atoms with Gasteiger partial charge in [-0.3, -0.25) is 0 Å². The van der Waals surface area contributed by atoms with Gasteiger partial charge < -0.3 is 10.1 Å². The zero-order valence-electron chi connectivity index (χ0n) is 18.2. The Morgan fingerprint density at radius 3 is 2.30 bits per heavy atom. The number of esters is 1. The van der Waals surface area contributed by atoms with Crippen molar-refractivity contribution in [1.29, 1.82) is 0 Å². The molecule has 0 spiro atoms. The number of carbonyl (C=O) groups excluding carboxylic acids is 1. The molecule has 0 heterocycles. The normalized spacial score (nSPS) is 13.0. The van der Waals surface area contributed by atoms with Crippen LogP contribution in [0.25, 0.3) is 0 Å². The quantitative estimate of drug-likeness (QED) is 0.261. The Morgan fingerprint density at radius 2 is 1.70 bits per heavy atom. The van der Waals surface area contributed by atoms with E-state index in [9.17, 15) is 4.79 Å². The topological polar surface area (TPSA) is 38.3 Å². The molecule has 164 valence electrons.